The van der Waals surface area contributed by atoms with Gasteiger partial charge in [-0.25, -0.2) is 0 Å². The van der Waals surface area contributed by atoms with E-state index in [0.29, 0.717) is 11.1 Å². The minimum absolute atomic E-state index is 0.440. The highest BCUT2D eigenvalue weighted by atomic mass is 35.5. The molecule has 0 aliphatic carbocycles. The van der Waals surface area contributed by atoms with Gasteiger partial charge in [0, 0.05) is 65.9 Å². The monoisotopic (exact) mass is 488 g/mol. The zero-order valence-electron chi connectivity index (χ0n) is 21.0. The Morgan fingerprint density at radius 3 is 2.54 bits per heavy atom. The molecule has 0 atom stereocenters. The number of anilines is 2. The lowest BCUT2D eigenvalue weighted by atomic mass is 10.0. The topological polar surface area (TPSA) is 31.4 Å². The molecule has 0 radical (unpaired) electrons. The molecule has 1 aliphatic heterocycles. The number of aromatic nitrogens is 1. The van der Waals surface area contributed by atoms with Crippen molar-refractivity contribution < 1.29 is 0 Å². The molecule has 1 saturated heterocycles. The minimum atomic E-state index is 0.440. The highest BCUT2D eigenvalue weighted by Crippen LogP contribution is 2.28. The van der Waals surface area contributed by atoms with Crippen LogP contribution in [-0.2, 0) is 0 Å². The summed E-state index contributed by atoms with van der Waals surface area (Å²) < 4.78 is 0. The number of piperidine rings is 1. The lowest BCUT2D eigenvalue weighted by molar-refractivity contribution is 0.219. The van der Waals surface area contributed by atoms with Crippen molar-refractivity contribution in [3.05, 3.63) is 103 Å². The molecule has 2 aromatic carbocycles. The Hall–Kier alpha value is -3.08. The second-order valence-electron chi connectivity index (χ2n) is 8.26. The molecule has 1 aliphatic rings. The van der Waals surface area contributed by atoms with Crippen LogP contribution in [0.5, 0.6) is 0 Å². The van der Waals surface area contributed by atoms with E-state index in [9.17, 15) is 0 Å². The normalized spacial score (nSPS) is 14.7. The second kappa shape index (κ2) is 13.7. The van der Waals surface area contributed by atoms with Gasteiger partial charge in [-0.1, -0.05) is 62.9 Å². The molecular formula is C30H37ClN4. The number of benzene rings is 2. The van der Waals surface area contributed by atoms with Crippen molar-refractivity contribution in [2.24, 2.45) is 0 Å². The number of hydrogen-bond donors (Lipinski definition) is 1. The minimum Gasteiger partial charge on any atom is -0.383 e. The number of likely N-dealkylation sites (tertiary alicyclic amines) is 1. The van der Waals surface area contributed by atoms with Gasteiger partial charge in [0.15, 0.2) is 0 Å². The first kappa shape index (κ1) is 26.5. The maximum absolute atomic E-state index is 6.11. The summed E-state index contributed by atoms with van der Waals surface area (Å²) in [6, 6.07) is 18.9. The van der Waals surface area contributed by atoms with Crippen molar-refractivity contribution >= 4 is 33.9 Å². The molecule has 1 fully saturated rings. The van der Waals surface area contributed by atoms with E-state index in [0.717, 1.165) is 61.3 Å². The third-order valence-electron chi connectivity index (χ3n) is 6.18. The standard InChI is InChI=1S/C28H31ClN4.C2H6/c1-3-8-23(4-2)33(24-9-6-5-7-10-24)25-14-18-32(19-15-25)20-17-31-27-13-16-30-28-21-22(29)11-12-26(27)28;1-2/h3-13,16,21,25H,1-2,14-15,17-20H2,(H,30,31);1-2H3/b23-8+;. The van der Waals surface area contributed by atoms with Gasteiger partial charge >= 0.3 is 0 Å². The molecule has 35 heavy (non-hydrogen) atoms. The lowest BCUT2D eigenvalue weighted by Crippen LogP contribution is -2.45. The fraction of sp³-hybridized carbons (Fsp3) is 0.300. The number of halogens is 1. The van der Waals surface area contributed by atoms with Gasteiger partial charge in [0.2, 0.25) is 0 Å². The Kier molecular flexibility index (Phi) is 10.4. The van der Waals surface area contributed by atoms with Gasteiger partial charge in [0.05, 0.1) is 5.52 Å². The Morgan fingerprint density at radius 1 is 1.11 bits per heavy atom. The largest absolute Gasteiger partial charge is 0.383 e. The van der Waals surface area contributed by atoms with Crippen molar-refractivity contribution in [2.45, 2.75) is 32.7 Å². The molecule has 5 heteroatoms. The molecule has 1 N–H and O–H groups in total. The molecule has 1 aromatic heterocycles. The van der Waals surface area contributed by atoms with Gasteiger partial charge in [0.1, 0.15) is 0 Å². The maximum atomic E-state index is 6.11. The molecule has 0 spiro atoms. The van der Waals surface area contributed by atoms with Crippen LogP contribution in [0.4, 0.5) is 11.4 Å². The zero-order chi connectivity index (χ0) is 25.0. The Morgan fingerprint density at radius 2 is 1.86 bits per heavy atom. The number of pyridine rings is 1. The molecule has 0 amide bonds. The summed E-state index contributed by atoms with van der Waals surface area (Å²) in [5, 5.41) is 5.40. The van der Waals surface area contributed by atoms with Crippen LogP contribution in [0.1, 0.15) is 26.7 Å². The van der Waals surface area contributed by atoms with E-state index < -0.39 is 0 Å². The Balaban J connectivity index is 0.00000167. The van der Waals surface area contributed by atoms with E-state index in [1.165, 1.54) is 5.69 Å². The van der Waals surface area contributed by atoms with Gasteiger partial charge in [-0.15, -0.1) is 0 Å². The average molecular weight is 489 g/mol. The number of para-hydroxylation sites is 1. The van der Waals surface area contributed by atoms with Crippen LogP contribution in [0.3, 0.4) is 0 Å². The predicted octanol–water partition coefficient (Wildman–Crippen LogP) is 7.55. The number of rotatable bonds is 9. The predicted molar refractivity (Wildman–Crippen MR) is 153 cm³/mol. The maximum Gasteiger partial charge on any atom is 0.0737 e. The highest BCUT2D eigenvalue weighted by molar-refractivity contribution is 6.31. The van der Waals surface area contributed by atoms with Gasteiger partial charge in [-0.2, -0.15) is 0 Å². The van der Waals surface area contributed by atoms with Crippen molar-refractivity contribution in [2.75, 3.05) is 36.4 Å². The average Bonchev–Trinajstić information content (AvgIpc) is 2.91. The van der Waals surface area contributed by atoms with Crippen LogP contribution in [0.15, 0.2) is 97.9 Å². The van der Waals surface area contributed by atoms with Gasteiger partial charge in [-0.05, 0) is 61.4 Å². The van der Waals surface area contributed by atoms with Crippen molar-refractivity contribution in [3.63, 3.8) is 0 Å². The lowest BCUT2D eigenvalue weighted by Gasteiger charge is -2.40. The smallest absolute Gasteiger partial charge is 0.0737 e. The highest BCUT2D eigenvalue weighted by Gasteiger charge is 2.26. The van der Waals surface area contributed by atoms with Crippen LogP contribution in [0.2, 0.25) is 5.02 Å². The van der Waals surface area contributed by atoms with Crippen LogP contribution in [0, 0.1) is 0 Å². The third kappa shape index (κ3) is 6.97. The van der Waals surface area contributed by atoms with E-state index in [1.54, 1.807) is 0 Å². The third-order valence-corrected chi connectivity index (χ3v) is 6.42. The summed E-state index contributed by atoms with van der Waals surface area (Å²) in [6.07, 6.45) is 9.85. The SMILES string of the molecule is C=C/C=C(\C=C)N(c1ccccc1)C1CCN(CCNc2ccnc3cc(Cl)ccc23)CC1.CC. The zero-order valence-corrected chi connectivity index (χ0v) is 21.7. The summed E-state index contributed by atoms with van der Waals surface area (Å²) in [5.41, 5.74) is 4.32. The van der Waals surface area contributed by atoms with E-state index in [4.69, 9.17) is 11.6 Å². The fourth-order valence-electron chi connectivity index (χ4n) is 4.55. The molecule has 184 valence electrons. The first-order chi connectivity index (χ1) is 17.2. The second-order valence-corrected chi connectivity index (χ2v) is 8.69. The van der Waals surface area contributed by atoms with Crippen LogP contribution in [0.25, 0.3) is 10.9 Å². The number of fused-ring (bicyclic) bond motifs is 1. The van der Waals surface area contributed by atoms with E-state index >= 15 is 0 Å². The first-order valence-electron chi connectivity index (χ1n) is 12.5. The summed E-state index contributed by atoms with van der Waals surface area (Å²) in [5.74, 6) is 0. The van der Waals surface area contributed by atoms with Crippen molar-refractivity contribution in [1.82, 2.24) is 9.88 Å². The van der Waals surface area contributed by atoms with E-state index in [-0.39, 0.29) is 0 Å². The van der Waals surface area contributed by atoms with Crippen LogP contribution in [-0.4, -0.2) is 42.1 Å². The first-order valence-corrected chi connectivity index (χ1v) is 12.9. The summed E-state index contributed by atoms with van der Waals surface area (Å²) >= 11 is 6.11. The molecule has 4 nitrogen and oxygen atoms in total. The summed E-state index contributed by atoms with van der Waals surface area (Å²) in [7, 11) is 0. The quantitative estimate of drug-likeness (QED) is 0.315. The molecule has 0 unspecified atom stereocenters. The number of nitrogens with zero attached hydrogens (tertiary/aromatic N) is 3. The van der Waals surface area contributed by atoms with Gasteiger partial charge in [0.25, 0.3) is 0 Å². The fourth-order valence-corrected chi connectivity index (χ4v) is 4.72. The van der Waals surface area contributed by atoms with E-state index in [1.807, 2.05) is 62.5 Å². The van der Waals surface area contributed by atoms with Crippen molar-refractivity contribution in [3.8, 4) is 0 Å². The Bertz CT molecular complexity index is 1120. The summed E-state index contributed by atoms with van der Waals surface area (Å²) in [6.45, 7) is 16.0. The molecule has 3 aromatic rings. The molecule has 0 saturated carbocycles. The van der Waals surface area contributed by atoms with Gasteiger partial charge < -0.3 is 15.1 Å². The van der Waals surface area contributed by atoms with Crippen molar-refractivity contribution in [1.29, 1.82) is 0 Å². The molecule has 0 bridgehead atoms. The molecule has 4 rings (SSSR count). The summed E-state index contributed by atoms with van der Waals surface area (Å²) in [4.78, 5) is 9.38. The molecule has 2 heterocycles. The molecular weight excluding hydrogens is 452 g/mol. The number of nitrogens with one attached hydrogen (secondary N) is 1. The van der Waals surface area contributed by atoms with Crippen LogP contribution >= 0.6 is 11.6 Å². The van der Waals surface area contributed by atoms with E-state index in [2.05, 4.69) is 63.6 Å². The number of hydrogen-bond acceptors (Lipinski definition) is 4. The van der Waals surface area contributed by atoms with Gasteiger partial charge in [-0.3, -0.25) is 4.98 Å². The van der Waals surface area contributed by atoms with Crippen LogP contribution < -0.4 is 10.2 Å². The number of allylic oxidation sites excluding steroid dienone is 3. The Labute approximate surface area is 215 Å².